The van der Waals surface area contributed by atoms with Gasteiger partial charge < -0.3 is 15.0 Å². The summed E-state index contributed by atoms with van der Waals surface area (Å²) >= 11 is 1.66. The molecule has 0 saturated carbocycles. The van der Waals surface area contributed by atoms with Crippen molar-refractivity contribution in [1.82, 2.24) is 0 Å². The van der Waals surface area contributed by atoms with Gasteiger partial charge in [-0.3, -0.25) is 9.59 Å². The van der Waals surface area contributed by atoms with Crippen molar-refractivity contribution in [2.45, 2.75) is 45.4 Å². The standard InChI is InChI=1S/C25H32N2O3S/c1-18(2)12-14-27-21-11-10-19(16-22(21)30-17-25(3,4)24(27)29)26-23(28)13-15-31-20-8-6-5-7-9-20/h5-11,16,18H,12-15,17H2,1-4H3,(H,26,28). The number of carbonyl (C=O) groups excluding carboxylic acids is 2. The Morgan fingerprint density at radius 3 is 2.65 bits per heavy atom. The van der Waals surface area contributed by atoms with Crippen LogP contribution >= 0.6 is 11.8 Å². The molecule has 31 heavy (non-hydrogen) atoms. The number of hydrogen-bond donors (Lipinski definition) is 1. The highest BCUT2D eigenvalue weighted by atomic mass is 32.2. The highest BCUT2D eigenvalue weighted by Crippen LogP contribution is 2.38. The number of carbonyl (C=O) groups is 2. The molecule has 1 N–H and O–H groups in total. The lowest BCUT2D eigenvalue weighted by Crippen LogP contribution is -2.42. The lowest BCUT2D eigenvalue weighted by atomic mass is 9.92. The van der Waals surface area contributed by atoms with Crippen LogP contribution < -0.4 is 15.0 Å². The van der Waals surface area contributed by atoms with Crippen LogP contribution in [0.5, 0.6) is 5.75 Å². The van der Waals surface area contributed by atoms with Crippen molar-refractivity contribution in [3.8, 4) is 5.75 Å². The maximum absolute atomic E-state index is 13.1. The van der Waals surface area contributed by atoms with Crippen LogP contribution in [0.15, 0.2) is 53.4 Å². The second-order valence-electron chi connectivity index (χ2n) is 8.95. The minimum Gasteiger partial charge on any atom is -0.490 e. The molecule has 0 fully saturated rings. The molecule has 0 spiro atoms. The zero-order chi connectivity index (χ0) is 22.4. The number of nitrogens with zero attached hydrogens (tertiary/aromatic N) is 1. The second kappa shape index (κ2) is 10.2. The topological polar surface area (TPSA) is 58.6 Å². The number of ether oxygens (including phenoxy) is 1. The molecule has 0 atom stereocenters. The summed E-state index contributed by atoms with van der Waals surface area (Å²) in [5.74, 6) is 1.88. The first-order valence-electron chi connectivity index (χ1n) is 10.8. The number of amides is 2. The van der Waals surface area contributed by atoms with Crippen LogP contribution in [-0.4, -0.2) is 30.7 Å². The van der Waals surface area contributed by atoms with Crippen LogP contribution in [0.2, 0.25) is 0 Å². The van der Waals surface area contributed by atoms with Gasteiger partial charge >= 0.3 is 0 Å². The van der Waals surface area contributed by atoms with Gasteiger partial charge in [-0.1, -0.05) is 32.0 Å². The Labute approximate surface area is 189 Å². The van der Waals surface area contributed by atoms with E-state index >= 15 is 0 Å². The van der Waals surface area contributed by atoms with Crippen molar-refractivity contribution in [1.29, 1.82) is 0 Å². The predicted molar refractivity (Wildman–Crippen MR) is 128 cm³/mol. The molecule has 0 bridgehead atoms. The average Bonchev–Trinajstić information content (AvgIpc) is 2.82. The molecule has 2 amide bonds. The van der Waals surface area contributed by atoms with E-state index in [0.29, 0.717) is 42.7 Å². The molecule has 1 aliphatic rings. The van der Waals surface area contributed by atoms with Gasteiger partial charge in [0, 0.05) is 35.4 Å². The Balaban J connectivity index is 1.67. The van der Waals surface area contributed by atoms with Crippen molar-refractivity contribution in [3.05, 3.63) is 48.5 Å². The Morgan fingerprint density at radius 2 is 1.94 bits per heavy atom. The normalized spacial score (nSPS) is 15.3. The molecule has 0 unspecified atom stereocenters. The first-order chi connectivity index (χ1) is 14.8. The monoisotopic (exact) mass is 440 g/mol. The number of nitrogens with one attached hydrogen (secondary N) is 1. The lowest BCUT2D eigenvalue weighted by molar-refractivity contribution is -0.127. The van der Waals surface area contributed by atoms with Gasteiger partial charge in [0.25, 0.3) is 0 Å². The average molecular weight is 441 g/mol. The molecule has 0 aromatic heterocycles. The van der Waals surface area contributed by atoms with E-state index in [1.54, 1.807) is 11.8 Å². The third-order valence-electron chi connectivity index (χ3n) is 5.22. The number of anilines is 2. The van der Waals surface area contributed by atoms with Crippen molar-refractivity contribution in [2.24, 2.45) is 11.3 Å². The predicted octanol–water partition coefficient (Wildman–Crippen LogP) is 5.61. The van der Waals surface area contributed by atoms with Crippen LogP contribution in [0.25, 0.3) is 0 Å². The van der Waals surface area contributed by atoms with Crippen LogP contribution in [0, 0.1) is 11.3 Å². The summed E-state index contributed by atoms with van der Waals surface area (Å²) < 4.78 is 6.01. The summed E-state index contributed by atoms with van der Waals surface area (Å²) in [6.45, 7) is 9.09. The zero-order valence-electron chi connectivity index (χ0n) is 18.8. The molecule has 6 heteroatoms. The van der Waals surface area contributed by atoms with Gasteiger partial charge in [0.15, 0.2) is 0 Å². The number of rotatable bonds is 8. The van der Waals surface area contributed by atoms with Crippen molar-refractivity contribution >= 4 is 35.0 Å². The summed E-state index contributed by atoms with van der Waals surface area (Å²) in [4.78, 5) is 28.5. The fourth-order valence-corrected chi connectivity index (χ4v) is 4.21. The first kappa shape index (κ1) is 23.2. The van der Waals surface area contributed by atoms with E-state index in [4.69, 9.17) is 4.74 Å². The van der Waals surface area contributed by atoms with Gasteiger partial charge in [-0.25, -0.2) is 0 Å². The molecule has 2 aromatic rings. The summed E-state index contributed by atoms with van der Waals surface area (Å²) in [5, 5.41) is 2.96. The van der Waals surface area contributed by atoms with E-state index < -0.39 is 5.41 Å². The molecule has 1 heterocycles. The number of fused-ring (bicyclic) bond motifs is 1. The van der Waals surface area contributed by atoms with Crippen molar-refractivity contribution in [2.75, 3.05) is 29.1 Å². The van der Waals surface area contributed by atoms with Crippen molar-refractivity contribution < 1.29 is 14.3 Å². The van der Waals surface area contributed by atoms with E-state index in [2.05, 4.69) is 19.2 Å². The largest absolute Gasteiger partial charge is 0.490 e. The molecule has 3 rings (SSSR count). The number of thioether (sulfide) groups is 1. The van der Waals surface area contributed by atoms with Gasteiger partial charge in [-0.15, -0.1) is 11.8 Å². The molecular weight excluding hydrogens is 408 g/mol. The molecular formula is C25H32N2O3S. The summed E-state index contributed by atoms with van der Waals surface area (Å²) in [5.41, 5.74) is 0.854. The van der Waals surface area contributed by atoms with E-state index in [1.165, 1.54) is 0 Å². The van der Waals surface area contributed by atoms with Gasteiger partial charge in [-0.2, -0.15) is 0 Å². The van der Waals surface area contributed by atoms with E-state index in [9.17, 15) is 9.59 Å². The smallest absolute Gasteiger partial charge is 0.236 e. The Kier molecular flexibility index (Phi) is 7.65. The molecule has 2 aromatic carbocycles. The first-order valence-corrected chi connectivity index (χ1v) is 11.8. The minimum absolute atomic E-state index is 0.0370. The minimum atomic E-state index is -0.603. The molecule has 0 aliphatic carbocycles. The quantitative estimate of drug-likeness (QED) is 0.543. The highest BCUT2D eigenvalue weighted by molar-refractivity contribution is 7.99. The fourth-order valence-electron chi connectivity index (χ4n) is 3.34. The van der Waals surface area contributed by atoms with Crippen molar-refractivity contribution in [3.63, 3.8) is 0 Å². The molecule has 0 saturated heterocycles. The third-order valence-corrected chi connectivity index (χ3v) is 6.23. The van der Waals surface area contributed by atoms with E-state index in [0.717, 1.165) is 17.0 Å². The van der Waals surface area contributed by atoms with Crippen LogP contribution in [-0.2, 0) is 9.59 Å². The van der Waals surface area contributed by atoms with Crippen LogP contribution in [0.4, 0.5) is 11.4 Å². The number of hydrogen-bond acceptors (Lipinski definition) is 4. The van der Waals surface area contributed by atoms with Crippen LogP contribution in [0.3, 0.4) is 0 Å². The SMILES string of the molecule is CC(C)CCN1C(=O)C(C)(C)COc2cc(NC(=O)CCSc3ccccc3)ccc21. The van der Waals surface area contributed by atoms with Crippen LogP contribution in [0.1, 0.15) is 40.5 Å². The summed E-state index contributed by atoms with van der Waals surface area (Å²) in [6.07, 6.45) is 1.34. The van der Waals surface area contributed by atoms with Gasteiger partial charge in [0.1, 0.15) is 12.4 Å². The zero-order valence-corrected chi connectivity index (χ0v) is 19.6. The van der Waals surface area contributed by atoms with Gasteiger partial charge in [0.05, 0.1) is 11.1 Å². The third kappa shape index (κ3) is 6.26. The van der Waals surface area contributed by atoms with Gasteiger partial charge in [-0.05, 0) is 50.5 Å². The fraction of sp³-hybridized carbons (Fsp3) is 0.440. The highest BCUT2D eigenvalue weighted by Gasteiger charge is 2.37. The second-order valence-corrected chi connectivity index (χ2v) is 10.1. The lowest BCUT2D eigenvalue weighted by Gasteiger charge is -2.28. The molecule has 5 nitrogen and oxygen atoms in total. The maximum atomic E-state index is 13.1. The maximum Gasteiger partial charge on any atom is 0.236 e. The Morgan fingerprint density at radius 1 is 1.19 bits per heavy atom. The van der Waals surface area contributed by atoms with E-state index in [1.807, 2.05) is 67.3 Å². The molecule has 166 valence electrons. The number of benzene rings is 2. The summed E-state index contributed by atoms with van der Waals surface area (Å²) in [6, 6.07) is 15.6. The molecule has 1 aliphatic heterocycles. The Hall–Kier alpha value is -2.47. The molecule has 0 radical (unpaired) electrons. The Bertz CT molecular complexity index is 912. The van der Waals surface area contributed by atoms with Gasteiger partial charge in [0.2, 0.25) is 11.8 Å². The van der Waals surface area contributed by atoms with E-state index in [-0.39, 0.29) is 11.8 Å². The summed E-state index contributed by atoms with van der Waals surface area (Å²) in [7, 11) is 0.